The van der Waals surface area contributed by atoms with Crippen LogP contribution in [0.4, 0.5) is 8.78 Å². The van der Waals surface area contributed by atoms with E-state index in [2.05, 4.69) is 14.9 Å². The summed E-state index contributed by atoms with van der Waals surface area (Å²) >= 11 is 0. The number of aromatic nitrogens is 2. The highest BCUT2D eigenvalue weighted by Gasteiger charge is 2.25. The van der Waals surface area contributed by atoms with Crippen molar-refractivity contribution < 1.29 is 17.2 Å². The highest BCUT2D eigenvalue weighted by Crippen LogP contribution is 2.22. The van der Waals surface area contributed by atoms with E-state index >= 15 is 0 Å². The number of rotatable bonds is 4. The number of benzene rings is 1. The van der Waals surface area contributed by atoms with E-state index in [1.165, 1.54) is 13.0 Å². The van der Waals surface area contributed by atoms with Gasteiger partial charge in [-0.2, -0.15) is 5.10 Å². The highest BCUT2D eigenvalue weighted by molar-refractivity contribution is 7.89. The summed E-state index contributed by atoms with van der Waals surface area (Å²) in [6, 6.07) is 2.17. The highest BCUT2D eigenvalue weighted by atomic mass is 32.2. The predicted molar refractivity (Wildman–Crippen MR) is 73.2 cm³/mol. The molecule has 1 aromatic carbocycles. The molecule has 2 N–H and O–H groups in total. The first kappa shape index (κ1) is 15.6. The van der Waals surface area contributed by atoms with Crippen LogP contribution in [0, 0.1) is 25.5 Å². The van der Waals surface area contributed by atoms with Gasteiger partial charge in [0.15, 0.2) is 0 Å². The number of aromatic amines is 1. The molecule has 114 valence electrons. The molecule has 0 aliphatic carbocycles. The predicted octanol–water partition coefficient (Wildman–Crippen LogP) is 2.34. The normalized spacial score (nSPS) is 13.4. The molecule has 0 radical (unpaired) electrons. The van der Waals surface area contributed by atoms with Crippen molar-refractivity contribution in [1.82, 2.24) is 14.9 Å². The number of sulfonamides is 1. The van der Waals surface area contributed by atoms with Crippen molar-refractivity contribution in [3.8, 4) is 0 Å². The van der Waals surface area contributed by atoms with Gasteiger partial charge in [-0.3, -0.25) is 5.10 Å². The molecular formula is C13H15F2N3O2S. The van der Waals surface area contributed by atoms with Gasteiger partial charge >= 0.3 is 0 Å². The molecule has 0 amide bonds. The van der Waals surface area contributed by atoms with E-state index in [9.17, 15) is 17.2 Å². The van der Waals surface area contributed by atoms with E-state index in [0.29, 0.717) is 17.5 Å². The zero-order valence-electron chi connectivity index (χ0n) is 11.7. The Kier molecular flexibility index (Phi) is 4.11. The number of nitrogens with zero attached hydrogens (tertiary/aromatic N) is 1. The molecule has 1 atom stereocenters. The first-order valence-corrected chi connectivity index (χ1v) is 7.69. The van der Waals surface area contributed by atoms with Crippen molar-refractivity contribution in [3.05, 3.63) is 46.8 Å². The van der Waals surface area contributed by atoms with Gasteiger partial charge in [-0.1, -0.05) is 6.07 Å². The van der Waals surface area contributed by atoms with Gasteiger partial charge in [0.2, 0.25) is 10.0 Å². The molecule has 0 spiro atoms. The molecule has 5 nitrogen and oxygen atoms in total. The van der Waals surface area contributed by atoms with Crippen LogP contribution in [0.5, 0.6) is 0 Å². The molecule has 2 aromatic rings. The quantitative estimate of drug-likeness (QED) is 0.909. The fourth-order valence-electron chi connectivity index (χ4n) is 2.14. The van der Waals surface area contributed by atoms with Crippen LogP contribution in [0.1, 0.15) is 29.9 Å². The van der Waals surface area contributed by atoms with Crippen molar-refractivity contribution in [2.75, 3.05) is 0 Å². The Balaban J connectivity index is 2.32. The van der Waals surface area contributed by atoms with Crippen LogP contribution >= 0.6 is 0 Å². The standard InChI is InChI=1S/C13H15F2N3O2S/c1-7(11-5-4-10(14)6-12(11)15)18-21(19,20)13-8(2)16-17-9(13)3/h4-7,18H,1-3H3,(H,16,17). The van der Waals surface area contributed by atoms with Crippen molar-refractivity contribution >= 4 is 10.0 Å². The van der Waals surface area contributed by atoms with Crippen molar-refractivity contribution in [1.29, 1.82) is 0 Å². The van der Waals surface area contributed by atoms with Crippen LogP contribution in [0.3, 0.4) is 0 Å². The fraction of sp³-hybridized carbons (Fsp3) is 0.308. The summed E-state index contributed by atoms with van der Waals surface area (Å²) in [4.78, 5) is 0.0388. The van der Waals surface area contributed by atoms with Crippen LogP contribution in [-0.2, 0) is 10.0 Å². The Labute approximate surface area is 121 Å². The lowest BCUT2D eigenvalue weighted by atomic mass is 10.1. The second-order valence-corrected chi connectivity index (χ2v) is 6.42. The topological polar surface area (TPSA) is 74.8 Å². The average molecular weight is 315 g/mol. The lowest BCUT2D eigenvalue weighted by Crippen LogP contribution is -2.28. The van der Waals surface area contributed by atoms with Gasteiger partial charge in [-0.25, -0.2) is 21.9 Å². The van der Waals surface area contributed by atoms with Gasteiger partial charge in [-0.05, 0) is 26.8 Å². The lowest BCUT2D eigenvalue weighted by Gasteiger charge is -2.15. The minimum absolute atomic E-state index is 0.0388. The molecule has 0 bridgehead atoms. The maximum Gasteiger partial charge on any atom is 0.244 e. The Morgan fingerprint density at radius 2 is 1.95 bits per heavy atom. The molecule has 1 aromatic heterocycles. The molecule has 0 aliphatic heterocycles. The summed E-state index contributed by atoms with van der Waals surface area (Å²) < 4.78 is 53.6. The monoisotopic (exact) mass is 315 g/mol. The van der Waals surface area contributed by atoms with Gasteiger partial charge in [0.1, 0.15) is 16.5 Å². The summed E-state index contributed by atoms with van der Waals surface area (Å²) in [5.41, 5.74) is 0.789. The van der Waals surface area contributed by atoms with E-state index in [4.69, 9.17) is 0 Å². The minimum atomic E-state index is -3.86. The molecule has 2 rings (SSSR count). The van der Waals surface area contributed by atoms with E-state index in [1.54, 1.807) is 13.8 Å². The Hall–Kier alpha value is -1.80. The molecule has 1 heterocycles. The van der Waals surface area contributed by atoms with Gasteiger partial charge in [0, 0.05) is 17.7 Å². The Morgan fingerprint density at radius 3 is 2.48 bits per heavy atom. The summed E-state index contributed by atoms with van der Waals surface area (Å²) in [6.45, 7) is 4.62. The van der Waals surface area contributed by atoms with E-state index in [-0.39, 0.29) is 10.5 Å². The molecule has 8 heteroatoms. The van der Waals surface area contributed by atoms with Gasteiger partial charge in [-0.15, -0.1) is 0 Å². The SMILES string of the molecule is Cc1n[nH]c(C)c1S(=O)(=O)NC(C)c1ccc(F)cc1F. The average Bonchev–Trinajstić information content (AvgIpc) is 2.68. The zero-order valence-corrected chi connectivity index (χ0v) is 12.6. The third kappa shape index (κ3) is 3.11. The second-order valence-electron chi connectivity index (χ2n) is 4.77. The maximum absolute atomic E-state index is 13.7. The van der Waals surface area contributed by atoms with Crippen LogP contribution in [-0.4, -0.2) is 18.6 Å². The Bertz CT molecular complexity index is 752. The summed E-state index contributed by atoms with van der Waals surface area (Å²) in [6.07, 6.45) is 0. The number of halogens is 2. The van der Waals surface area contributed by atoms with Crippen molar-refractivity contribution in [2.45, 2.75) is 31.7 Å². The fourth-order valence-corrected chi connectivity index (χ4v) is 3.74. The van der Waals surface area contributed by atoms with Crippen LogP contribution in [0.25, 0.3) is 0 Å². The number of hydrogen-bond donors (Lipinski definition) is 2. The maximum atomic E-state index is 13.7. The van der Waals surface area contributed by atoms with Crippen LogP contribution < -0.4 is 4.72 Å². The number of hydrogen-bond acceptors (Lipinski definition) is 3. The number of aryl methyl sites for hydroxylation is 2. The van der Waals surface area contributed by atoms with Gasteiger partial charge in [0.25, 0.3) is 0 Å². The van der Waals surface area contributed by atoms with Crippen LogP contribution in [0.15, 0.2) is 23.1 Å². The second kappa shape index (κ2) is 5.53. The number of H-pyrrole nitrogens is 1. The molecule has 0 saturated heterocycles. The third-order valence-electron chi connectivity index (χ3n) is 3.09. The zero-order chi connectivity index (χ0) is 15.8. The molecule has 0 fully saturated rings. The third-order valence-corrected chi connectivity index (χ3v) is 4.89. The summed E-state index contributed by atoms with van der Waals surface area (Å²) in [5, 5.41) is 6.41. The first-order chi connectivity index (χ1) is 9.72. The molecule has 21 heavy (non-hydrogen) atoms. The molecular weight excluding hydrogens is 300 g/mol. The Morgan fingerprint density at radius 1 is 1.29 bits per heavy atom. The smallest absolute Gasteiger partial charge is 0.244 e. The van der Waals surface area contributed by atoms with E-state index < -0.39 is 27.7 Å². The summed E-state index contributed by atoms with van der Waals surface area (Å²) in [5.74, 6) is -1.52. The van der Waals surface area contributed by atoms with E-state index in [1.807, 2.05) is 0 Å². The van der Waals surface area contributed by atoms with Crippen molar-refractivity contribution in [3.63, 3.8) is 0 Å². The minimum Gasteiger partial charge on any atom is -0.281 e. The molecule has 0 saturated carbocycles. The van der Waals surface area contributed by atoms with E-state index in [0.717, 1.165) is 6.07 Å². The molecule has 0 aliphatic rings. The number of nitrogens with one attached hydrogen (secondary N) is 2. The summed E-state index contributed by atoms with van der Waals surface area (Å²) in [7, 11) is -3.86. The van der Waals surface area contributed by atoms with Crippen LogP contribution in [0.2, 0.25) is 0 Å². The van der Waals surface area contributed by atoms with Gasteiger partial charge in [0.05, 0.1) is 11.4 Å². The lowest BCUT2D eigenvalue weighted by molar-refractivity contribution is 0.539. The largest absolute Gasteiger partial charge is 0.281 e. The van der Waals surface area contributed by atoms with Crippen molar-refractivity contribution in [2.24, 2.45) is 0 Å². The van der Waals surface area contributed by atoms with Gasteiger partial charge < -0.3 is 0 Å². The first-order valence-electron chi connectivity index (χ1n) is 6.21. The molecule has 1 unspecified atom stereocenters.